The van der Waals surface area contributed by atoms with Crippen LogP contribution < -0.4 is 0 Å². The van der Waals surface area contributed by atoms with E-state index in [4.69, 9.17) is 0 Å². The smallest absolute Gasteiger partial charge is 0.102 e. The van der Waals surface area contributed by atoms with Crippen molar-refractivity contribution >= 4 is 55.1 Å². The molecule has 5 heteroatoms. The molecule has 0 bridgehead atoms. The van der Waals surface area contributed by atoms with Gasteiger partial charge < -0.3 is 0 Å². The molecule has 0 aliphatic carbocycles. The third-order valence-electron chi connectivity index (χ3n) is 3.85. The minimum absolute atomic E-state index is 0.731. The maximum Gasteiger partial charge on any atom is 0.102 e. The fraction of sp³-hybridized carbons (Fsp3) is 0.250. The van der Waals surface area contributed by atoms with Crippen molar-refractivity contribution in [2.75, 3.05) is 0 Å². The van der Waals surface area contributed by atoms with Crippen molar-refractivity contribution in [1.82, 2.24) is 0 Å². The van der Waals surface area contributed by atoms with E-state index in [0.29, 0.717) is 0 Å². The highest BCUT2D eigenvalue weighted by molar-refractivity contribution is 8.25. The number of hydrogen-bond donors (Lipinski definition) is 0. The van der Waals surface area contributed by atoms with Crippen LogP contribution in [-0.4, -0.2) is 16.5 Å². The average Bonchev–Trinajstić information content (AvgIpc) is 3.11. The lowest BCUT2D eigenvalue weighted by atomic mass is 10.4. The zero-order valence-electron chi connectivity index (χ0n) is 11.9. The van der Waals surface area contributed by atoms with Crippen LogP contribution in [0.5, 0.6) is 0 Å². The van der Waals surface area contributed by atoms with Crippen molar-refractivity contribution in [3.63, 3.8) is 0 Å². The van der Waals surface area contributed by atoms with Crippen LogP contribution in [0.4, 0.5) is 0 Å². The zero-order chi connectivity index (χ0) is 14.4. The van der Waals surface area contributed by atoms with Crippen LogP contribution in [-0.2, 0) is 0 Å². The van der Waals surface area contributed by atoms with Gasteiger partial charge in [-0.3, -0.25) is 0 Å². The molecule has 0 atom stereocenters. The molecule has 0 nitrogen and oxygen atoms in total. The summed E-state index contributed by atoms with van der Waals surface area (Å²) < 4.78 is 1.46. The minimum Gasteiger partial charge on any atom is -0.114 e. The van der Waals surface area contributed by atoms with E-state index >= 15 is 0 Å². The van der Waals surface area contributed by atoms with Crippen molar-refractivity contribution < 1.29 is 0 Å². The molecule has 21 heavy (non-hydrogen) atoms. The predicted molar refractivity (Wildman–Crippen MR) is 101 cm³/mol. The van der Waals surface area contributed by atoms with Crippen molar-refractivity contribution in [1.29, 1.82) is 0 Å². The molecular weight excluding hydrogens is 349 g/mol. The summed E-state index contributed by atoms with van der Waals surface area (Å²) >= 11 is 8.43. The molecular formula is C16H16S4Si. The number of fused-ring (bicyclic) bond motifs is 2. The molecule has 0 spiro atoms. The lowest BCUT2D eigenvalue weighted by Gasteiger charge is -2.32. The molecule has 0 saturated heterocycles. The predicted octanol–water partition coefficient (Wildman–Crippen LogP) is 6.22. The number of thioether (sulfide) groups is 4. The first-order chi connectivity index (χ1) is 10.1. The summed E-state index contributed by atoms with van der Waals surface area (Å²) in [6.45, 7) is 5.14. The highest BCUT2D eigenvalue weighted by Gasteiger charge is 2.46. The summed E-state index contributed by atoms with van der Waals surface area (Å²) in [6, 6.07) is 17.8. The molecule has 0 fully saturated rings. The van der Waals surface area contributed by atoms with Crippen molar-refractivity contribution in [3.05, 3.63) is 48.5 Å². The Morgan fingerprint density at radius 2 is 0.905 bits per heavy atom. The standard InChI is InChI=1S/C16H16S4Si/c1-21(2,15-17-11-7-3-4-8-12(11)18-15)16-19-13-9-5-6-10-14(13)20-16/h3-10,15-16H,1-2H3. The monoisotopic (exact) mass is 364 g/mol. The van der Waals surface area contributed by atoms with Gasteiger partial charge in [-0.25, -0.2) is 0 Å². The van der Waals surface area contributed by atoms with Gasteiger partial charge in [0.2, 0.25) is 0 Å². The van der Waals surface area contributed by atoms with Crippen LogP contribution in [0, 0.1) is 0 Å². The second-order valence-corrected chi connectivity index (χ2v) is 17.5. The van der Waals surface area contributed by atoms with E-state index in [9.17, 15) is 0 Å². The van der Waals surface area contributed by atoms with E-state index in [0.717, 1.165) is 8.41 Å². The third kappa shape index (κ3) is 2.61. The first kappa shape index (κ1) is 14.6. The Kier molecular flexibility index (Phi) is 3.90. The second-order valence-electron chi connectivity index (χ2n) is 5.85. The molecule has 108 valence electrons. The molecule has 2 aromatic carbocycles. The number of hydrogen-bond acceptors (Lipinski definition) is 4. The van der Waals surface area contributed by atoms with E-state index in [1.807, 2.05) is 0 Å². The van der Waals surface area contributed by atoms with Crippen LogP contribution in [0.3, 0.4) is 0 Å². The second kappa shape index (κ2) is 5.60. The largest absolute Gasteiger partial charge is 0.114 e. The molecule has 4 rings (SSSR count). The van der Waals surface area contributed by atoms with Crippen molar-refractivity contribution in [3.8, 4) is 0 Å². The molecule has 0 amide bonds. The first-order valence-electron chi connectivity index (χ1n) is 6.99. The zero-order valence-corrected chi connectivity index (χ0v) is 16.2. The topological polar surface area (TPSA) is 0 Å². The molecule has 2 aliphatic rings. The van der Waals surface area contributed by atoms with E-state index in [-0.39, 0.29) is 0 Å². The number of benzene rings is 2. The lowest BCUT2D eigenvalue weighted by Crippen LogP contribution is -2.45. The van der Waals surface area contributed by atoms with Crippen LogP contribution >= 0.6 is 47.0 Å². The fourth-order valence-corrected chi connectivity index (χ4v) is 16.3. The van der Waals surface area contributed by atoms with E-state index in [1.165, 1.54) is 19.6 Å². The van der Waals surface area contributed by atoms with E-state index in [1.54, 1.807) is 0 Å². The van der Waals surface area contributed by atoms with Gasteiger partial charge >= 0.3 is 0 Å². The molecule has 2 heterocycles. The Labute approximate surface area is 144 Å². The Hall–Kier alpha value is 0.0569. The van der Waals surface area contributed by atoms with Crippen molar-refractivity contribution in [2.24, 2.45) is 0 Å². The van der Waals surface area contributed by atoms with Gasteiger partial charge in [-0.2, -0.15) is 0 Å². The van der Waals surface area contributed by atoms with Gasteiger partial charge in [-0.05, 0) is 24.3 Å². The third-order valence-corrected chi connectivity index (χ3v) is 19.7. The molecule has 0 aromatic heterocycles. The van der Waals surface area contributed by atoms with Gasteiger partial charge in [0.05, 0.1) is 8.41 Å². The highest BCUT2D eigenvalue weighted by atomic mass is 32.2. The molecule has 0 unspecified atom stereocenters. The molecule has 2 aromatic rings. The highest BCUT2D eigenvalue weighted by Crippen LogP contribution is 2.58. The molecule has 0 saturated carbocycles. The number of rotatable bonds is 2. The SMILES string of the molecule is C[Si](C)(C1Sc2ccccc2S1)C1Sc2ccccc2S1. The summed E-state index contributed by atoms with van der Waals surface area (Å²) in [7, 11) is -1.38. The van der Waals surface area contributed by atoms with Gasteiger partial charge in [0, 0.05) is 19.6 Å². The van der Waals surface area contributed by atoms with Gasteiger partial charge in [-0.15, -0.1) is 47.0 Å². The van der Waals surface area contributed by atoms with Gasteiger partial charge in [0.1, 0.15) is 8.07 Å². The molecule has 0 radical (unpaired) electrons. The molecule has 2 aliphatic heterocycles. The van der Waals surface area contributed by atoms with E-state index in [2.05, 4.69) is 109 Å². The van der Waals surface area contributed by atoms with Crippen LogP contribution in [0.2, 0.25) is 13.1 Å². The summed E-state index contributed by atoms with van der Waals surface area (Å²) in [5.41, 5.74) is 0. The van der Waals surface area contributed by atoms with Crippen LogP contribution in [0.1, 0.15) is 0 Å². The summed E-state index contributed by atoms with van der Waals surface area (Å²) in [4.78, 5) is 5.94. The van der Waals surface area contributed by atoms with Gasteiger partial charge in [-0.1, -0.05) is 37.4 Å². The summed E-state index contributed by atoms with van der Waals surface area (Å²) in [6.07, 6.45) is 0. The Morgan fingerprint density at radius 1 is 0.619 bits per heavy atom. The van der Waals surface area contributed by atoms with Crippen LogP contribution in [0.15, 0.2) is 68.1 Å². The van der Waals surface area contributed by atoms with Crippen molar-refractivity contribution in [2.45, 2.75) is 41.1 Å². The Morgan fingerprint density at radius 3 is 1.19 bits per heavy atom. The first-order valence-corrected chi connectivity index (χ1v) is 13.7. The molecule has 0 N–H and O–H groups in total. The average molecular weight is 365 g/mol. The summed E-state index contributed by atoms with van der Waals surface area (Å²) in [5, 5.41) is 0. The summed E-state index contributed by atoms with van der Waals surface area (Å²) in [5.74, 6) is 0. The Bertz CT molecular complexity index is 578. The lowest BCUT2D eigenvalue weighted by molar-refractivity contribution is 1.27. The maximum absolute atomic E-state index is 2.57. The quantitative estimate of drug-likeness (QED) is 0.580. The fourth-order valence-electron chi connectivity index (χ4n) is 2.52. The van der Waals surface area contributed by atoms with Gasteiger partial charge in [0.15, 0.2) is 0 Å². The Balaban J connectivity index is 1.56. The van der Waals surface area contributed by atoms with Gasteiger partial charge in [0.25, 0.3) is 0 Å². The minimum atomic E-state index is -1.38. The van der Waals surface area contributed by atoms with E-state index < -0.39 is 8.07 Å². The normalized spacial score (nSPS) is 18.8. The van der Waals surface area contributed by atoms with Crippen LogP contribution in [0.25, 0.3) is 0 Å². The maximum atomic E-state index is 2.57.